The van der Waals surface area contributed by atoms with E-state index < -0.39 is 0 Å². The summed E-state index contributed by atoms with van der Waals surface area (Å²) in [6, 6.07) is 0. The SMILES string of the molecule is CC(C)CN1CCN(C2(CN)CCCCCCC2)CC1. The molecule has 3 nitrogen and oxygen atoms in total. The molecule has 0 spiro atoms. The van der Waals surface area contributed by atoms with Crippen LogP contribution in [0.5, 0.6) is 0 Å². The molecule has 0 radical (unpaired) electrons. The van der Waals surface area contributed by atoms with Crippen LogP contribution >= 0.6 is 0 Å². The highest BCUT2D eigenvalue weighted by atomic mass is 15.3. The summed E-state index contributed by atoms with van der Waals surface area (Å²) in [5.41, 5.74) is 6.57. The number of nitrogens with zero attached hydrogens (tertiary/aromatic N) is 2. The van der Waals surface area contributed by atoms with Crippen LogP contribution in [0.4, 0.5) is 0 Å². The zero-order valence-corrected chi connectivity index (χ0v) is 13.7. The molecule has 1 aliphatic heterocycles. The molecular weight excluding hydrogens is 246 g/mol. The molecule has 0 aromatic carbocycles. The number of rotatable bonds is 4. The lowest BCUT2D eigenvalue weighted by atomic mass is 9.82. The van der Waals surface area contributed by atoms with Crippen molar-refractivity contribution in [1.82, 2.24) is 9.80 Å². The van der Waals surface area contributed by atoms with E-state index in [9.17, 15) is 0 Å². The normalized spacial score (nSPS) is 26.4. The molecule has 2 rings (SSSR count). The van der Waals surface area contributed by atoms with Gasteiger partial charge in [-0.05, 0) is 18.8 Å². The molecule has 118 valence electrons. The topological polar surface area (TPSA) is 32.5 Å². The fourth-order valence-corrected chi connectivity index (χ4v) is 4.13. The van der Waals surface area contributed by atoms with Crippen LogP contribution < -0.4 is 5.73 Å². The first-order chi connectivity index (χ1) is 9.66. The van der Waals surface area contributed by atoms with E-state index in [1.165, 1.54) is 77.7 Å². The maximum atomic E-state index is 6.25. The lowest BCUT2D eigenvalue weighted by molar-refractivity contribution is 0.0167. The van der Waals surface area contributed by atoms with Crippen molar-refractivity contribution in [3.8, 4) is 0 Å². The zero-order valence-electron chi connectivity index (χ0n) is 13.7. The molecular formula is C17H35N3. The first kappa shape index (κ1) is 16.3. The molecule has 1 aliphatic carbocycles. The van der Waals surface area contributed by atoms with Crippen LogP contribution in [0, 0.1) is 5.92 Å². The minimum atomic E-state index is 0.324. The monoisotopic (exact) mass is 281 g/mol. The van der Waals surface area contributed by atoms with Crippen molar-refractivity contribution in [1.29, 1.82) is 0 Å². The van der Waals surface area contributed by atoms with E-state index in [2.05, 4.69) is 23.6 Å². The molecule has 2 aliphatic rings. The zero-order chi connectivity index (χ0) is 14.4. The largest absolute Gasteiger partial charge is 0.329 e. The van der Waals surface area contributed by atoms with E-state index in [1.54, 1.807) is 0 Å². The van der Waals surface area contributed by atoms with Crippen LogP contribution in [-0.4, -0.2) is 54.6 Å². The summed E-state index contributed by atoms with van der Waals surface area (Å²) in [5, 5.41) is 0. The standard InChI is InChI=1S/C17H35N3/c1-16(2)14-19-10-12-20(13-11-19)17(15-18)8-6-4-3-5-7-9-17/h16H,3-15,18H2,1-2H3. The summed E-state index contributed by atoms with van der Waals surface area (Å²) in [7, 11) is 0. The van der Waals surface area contributed by atoms with Gasteiger partial charge in [0.15, 0.2) is 0 Å². The molecule has 1 saturated carbocycles. The Labute approximate surface area is 125 Å². The molecule has 20 heavy (non-hydrogen) atoms. The van der Waals surface area contributed by atoms with Crippen LogP contribution in [0.1, 0.15) is 58.8 Å². The number of hydrogen-bond acceptors (Lipinski definition) is 3. The quantitative estimate of drug-likeness (QED) is 0.860. The van der Waals surface area contributed by atoms with Crippen molar-refractivity contribution in [2.24, 2.45) is 11.7 Å². The van der Waals surface area contributed by atoms with Gasteiger partial charge in [-0.3, -0.25) is 4.90 Å². The smallest absolute Gasteiger partial charge is 0.0332 e. The minimum Gasteiger partial charge on any atom is -0.329 e. The summed E-state index contributed by atoms with van der Waals surface area (Å²) in [5.74, 6) is 0.784. The molecule has 0 unspecified atom stereocenters. The van der Waals surface area contributed by atoms with Crippen LogP contribution in [0.15, 0.2) is 0 Å². The highest BCUT2D eigenvalue weighted by Gasteiger charge is 2.36. The van der Waals surface area contributed by atoms with Crippen LogP contribution in [0.25, 0.3) is 0 Å². The third-order valence-electron chi connectivity index (χ3n) is 5.33. The van der Waals surface area contributed by atoms with E-state index >= 15 is 0 Å². The Bertz CT molecular complexity index is 261. The van der Waals surface area contributed by atoms with Crippen molar-refractivity contribution < 1.29 is 0 Å². The average molecular weight is 281 g/mol. The second-order valence-electron chi connectivity index (χ2n) is 7.38. The van der Waals surface area contributed by atoms with Crippen molar-refractivity contribution >= 4 is 0 Å². The molecule has 0 atom stereocenters. The lowest BCUT2D eigenvalue weighted by Gasteiger charge is -2.48. The first-order valence-electron chi connectivity index (χ1n) is 8.84. The molecule has 0 aromatic rings. The summed E-state index contributed by atoms with van der Waals surface area (Å²) in [4.78, 5) is 5.38. The predicted octanol–water partition coefficient (Wildman–Crippen LogP) is 2.70. The second-order valence-corrected chi connectivity index (χ2v) is 7.38. The van der Waals surface area contributed by atoms with E-state index in [0.717, 1.165) is 12.5 Å². The van der Waals surface area contributed by atoms with E-state index in [-0.39, 0.29) is 0 Å². The Morgan fingerprint density at radius 1 is 0.900 bits per heavy atom. The highest BCUT2D eigenvalue weighted by molar-refractivity contribution is 4.94. The Balaban J connectivity index is 1.91. The second kappa shape index (κ2) is 7.77. The van der Waals surface area contributed by atoms with Gasteiger partial charge in [-0.1, -0.05) is 46.0 Å². The Morgan fingerprint density at radius 2 is 1.45 bits per heavy atom. The Morgan fingerprint density at radius 3 is 1.95 bits per heavy atom. The van der Waals surface area contributed by atoms with Crippen LogP contribution in [-0.2, 0) is 0 Å². The van der Waals surface area contributed by atoms with Crippen molar-refractivity contribution in [2.45, 2.75) is 64.3 Å². The summed E-state index contributed by atoms with van der Waals surface area (Å²) < 4.78 is 0. The van der Waals surface area contributed by atoms with Gasteiger partial charge in [-0.2, -0.15) is 0 Å². The first-order valence-corrected chi connectivity index (χ1v) is 8.84. The maximum absolute atomic E-state index is 6.25. The van der Waals surface area contributed by atoms with Gasteiger partial charge in [0.2, 0.25) is 0 Å². The van der Waals surface area contributed by atoms with Gasteiger partial charge in [0, 0.05) is 44.8 Å². The highest BCUT2D eigenvalue weighted by Crippen LogP contribution is 2.31. The summed E-state index contributed by atoms with van der Waals surface area (Å²) >= 11 is 0. The van der Waals surface area contributed by atoms with Gasteiger partial charge < -0.3 is 10.6 Å². The Hall–Kier alpha value is -0.120. The Kier molecular flexibility index (Phi) is 6.31. The van der Waals surface area contributed by atoms with Crippen molar-refractivity contribution in [3.05, 3.63) is 0 Å². The van der Waals surface area contributed by atoms with Gasteiger partial charge in [0.25, 0.3) is 0 Å². The molecule has 0 aromatic heterocycles. The molecule has 1 saturated heterocycles. The van der Waals surface area contributed by atoms with Gasteiger partial charge in [-0.15, -0.1) is 0 Å². The molecule has 0 bridgehead atoms. The number of piperazine rings is 1. The molecule has 1 heterocycles. The summed E-state index contributed by atoms with van der Waals surface area (Å²) in [6.07, 6.45) is 9.67. The molecule has 0 amide bonds. The van der Waals surface area contributed by atoms with Gasteiger partial charge in [0.05, 0.1) is 0 Å². The summed E-state index contributed by atoms with van der Waals surface area (Å²) in [6.45, 7) is 11.7. The third-order valence-corrected chi connectivity index (χ3v) is 5.33. The van der Waals surface area contributed by atoms with Crippen LogP contribution in [0.3, 0.4) is 0 Å². The fraction of sp³-hybridized carbons (Fsp3) is 1.00. The minimum absolute atomic E-state index is 0.324. The van der Waals surface area contributed by atoms with Gasteiger partial charge in [-0.25, -0.2) is 0 Å². The number of nitrogens with two attached hydrogens (primary N) is 1. The average Bonchev–Trinajstić information content (AvgIpc) is 2.40. The number of hydrogen-bond donors (Lipinski definition) is 1. The molecule has 2 fully saturated rings. The lowest BCUT2D eigenvalue weighted by Crippen LogP contribution is -2.60. The van der Waals surface area contributed by atoms with Crippen molar-refractivity contribution in [2.75, 3.05) is 39.3 Å². The molecule has 3 heteroatoms. The predicted molar refractivity (Wildman–Crippen MR) is 87.0 cm³/mol. The third kappa shape index (κ3) is 4.19. The van der Waals surface area contributed by atoms with Gasteiger partial charge >= 0.3 is 0 Å². The fourth-order valence-electron chi connectivity index (χ4n) is 4.13. The van der Waals surface area contributed by atoms with E-state index in [1.807, 2.05) is 0 Å². The molecule has 2 N–H and O–H groups in total. The van der Waals surface area contributed by atoms with Crippen LogP contribution in [0.2, 0.25) is 0 Å². The van der Waals surface area contributed by atoms with E-state index in [0.29, 0.717) is 5.54 Å². The van der Waals surface area contributed by atoms with E-state index in [4.69, 9.17) is 5.73 Å². The maximum Gasteiger partial charge on any atom is 0.0332 e. The van der Waals surface area contributed by atoms with Crippen molar-refractivity contribution in [3.63, 3.8) is 0 Å². The van der Waals surface area contributed by atoms with Gasteiger partial charge in [0.1, 0.15) is 0 Å².